The van der Waals surface area contributed by atoms with Gasteiger partial charge in [-0.25, -0.2) is 22.1 Å². The predicted octanol–water partition coefficient (Wildman–Crippen LogP) is 10.5. The molecule has 0 spiro atoms. The third-order valence-corrected chi connectivity index (χ3v) is 7.19. The maximum absolute atomic E-state index is 13.7. The zero-order valence-electron chi connectivity index (χ0n) is 23.8. The molecule has 0 aliphatic heterocycles. The predicted molar refractivity (Wildman–Crippen MR) is 103 cm³/mol. The van der Waals surface area contributed by atoms with Gasteiger partial charge in [0, 0.05) is 0 Å². The van der Waals surface area contributed by atoms with Gasteiger partial charge in [0.25, 0.3) is 0 Å². The van der Waals surface area contributed by atoms with Crippen LogP contribution in [-0.4, -0.2) is 114 Å². The quantitative estimate of drug-likeness (QED) is 0.0977. The van der Waals surface area contributed by atoms with Gasteiger partial charge in [0.05, 0.1) is 0 Å². The first-order valence-electron chi connectivity index (χ1n) is 11.8. The molecule has 332 valence electrons. The van der Waals surface area contributed by atoms with E-state index >= 15 is 0 Å². The maximum Gasteiger partial charge on any atom is 0.472 e. The summed E-state index contributed by atoms with van der Waals surface area (Å²) in [6.07, 6.45) is -12.5. The van der Waals surface area contributed by atoms with Crippen molar-refractivity contribution in [3.8, 4) is 0 Å². The van der Waals surface area contributed by atoms with Gasteiger partial charge in [0.15, 0.2) is 0 Å². The molecule has 0 saturated heterocycles. The van der Waals surface area contributed by atoms with Gasteiger partial charge < -0.3 is 4.89 Å². The van der Waals surface area contributed by atoms with Crippen molar-refractivity contribution in [1.29, 1.82) is 0 Å². The van der Waals surface area contributed by atoms with Gasteiger partial charge in [-0.1, -0.05) is 0 Å². The van der Waals surface area contributed by atoms with Crippen LogP contribution in [0.3, 0.4) is 0 Å². The van der Waals surface area contributed by atoms with E-state index < -0.39 is 117 Å². The third-order valence-electron chi connectivity index (χ3n) is 6.28. The normalized spacial score (nSPS) is 16.8. The SMILES string of the molecule is O=P(O)(OCC(F)(F)C(F)(F)C(F)(F)C(F)(F)C(F)(F)C(F)(F)C(F)(F)C(F)F)OCC(F)(F)C(F)(F)C(F)(F)C(F)(F)C(F)(F)C(F)(F)C(F)(F)C(F)F. The fourth-order valence-corrected chi connectivity index (χ4v) is 3.60. The number of hydrogen-bond donors (Lipinski definition) is 1. The Balaban J connectivity index is 6.59. The first-order valence-corrected chi connectivity index (χ1v) is 13.3. The Morgan fingerprint density at radius 1 is 0.345 bits per heavy atom. The Morgan fingerprint density at radius 3 is 0.691 bits per heavy atom. The molecule has 0 saturated carbocycles. The van der Waals surface area contributed by atoms with Crippen LogP contribution in [0, 0.1) is 0 Å². The highest BCUT2D eigenvalue weighted by molar-refractivity contribution is 7.47. The van der Waals surface area contributed by atoms with Crippen LogP contribution < -0.4 is 0 Å². The van der Waals surface area contributed by atoms with Gasteiger partial charge in [-0.3, -0.25) is 9.05 Å². The molecule has 4 nitrogen and oxygen atoms in total. The second-order valence-electron chi connectivity index (χ2n) is 10.0. The van der Waals surface area contributed by atoms with Crippen LogP contribution in [-0.2, 0) is 13.6 Å². The van der Waals surface area contributed by atoms with Crippen molar-refractivity contribution in [2.24, 2.45) is 0 Å². The molecule has 0 unspecified atom stereocenters. The van der Waals surface area contributed by atoms with E-state index in [-0.39, 0.29) is 0 Å². The van der Waals surface area contributed by atoms with Crippen LogP contribution in [0.15, 0.2) is 0 Å². The molecule has 0 radical (unpaired) electrons. The zero-order valence-corrected chi connectivity index (χ0v) is 24.7. The number of hydrogen-bond acceptors (Lipinski definition) is 3. The average molecular weight is 926 g/mol. The highest BCUT2D eigenvalue weighted by Crippen LogP contribution is 2.65. The van der Waals surface area contributed by atoms with E-state index in [0.29, 0.717) is 0 Å². The molecule has 0 heterocycles. The molecule has 0 aliphatic rings. The Morgan fingerprint density at radius 2 is 0.509 bits per heavy atom. The zero-order chi connectivity index (χ0) is 45.5. The molecular weight excluding hydrogens is 919 g/mol. The first-order chi connectivity index (χ1) is 23.3. The lowest BCUT2D eigenvalue weighted by atomic mass is 9.89. The van der Waals surface area contributed by atoms with E-state index in [0.717, 1.165) is 0 Å². The van der Waals surface area contributed by atoms with E-state index in [1.54, 1.807) is 0 Å². The minimum Gasteiger partial charge on any atom is -0.302 e. The van der Waals surface area contributed by atoms with Crippen molar-refractivity contribution in [3.05, 3.63) is 0 Å². The van der Waals surface area contributed by atoms with Crippen LogP contribution in [0.4, 0.5) is 140 Å². The molecule has 0 aromatic heterocycles. The molecule has 0 aliphatic carbocycles. The summed E-state index contributed by atoms with van der Waals surface area (Å²) in [6.45, 7) is -9.02. The topological polar surface area (TPSA) is 55.8 Å². The molecule has 37 heteroatoms. The van der Waals surface area contributed by atoms with Gasteiger partial charge in [-0.2, -0.15) is 123 Å². The molecule has 0 rings (SSSR count). The van der Waals surface area contributed by atoms with Crippen LogP contribution in [0.2, 0.25) is 0 Å². The first kappa shape index (κ1) is 52.9. The molecule has 0 amide bonds. The maximum atomic E-state index is 13.7. The third kappa shape index (κ3) is 7.42. The molecular formula is C18H7F32O4P. The molecule has 55 heavy (non-hydrogen) atoms. The number of phosphoric acid groups is 1. The largest absolute Gasteiger partial charge is 0.472 e. The van der Waals surface area contributed by atoms with Crippen LogP contribution >= 0.6 is 7.82 Å². The van der Waals surface area contributed by atoms with Crippen LogP contribution in [0.25, 0.3) is 0 Å². The molecule has 1 N–H and O–H groups in total. The summed E-state index contributed by atoms with van der Waals surface area (Å²) < 4.78 is 440. The standard InChI is InChI=1S/C18H7F32O4P/c19-3(20)7(27,28)11(35,36)15(43,44)17(47,48)13(39,40)9(31,32)5(23,24)1-53-55(51,52)54-2-6(25,26)10(33,34)14(41,42)18(49,50)16(45,46)12(37,38)8(29,30)4(21)22/h3-4H,1-2H2,(H,51,52). The Hall–Kier alpha value is -2.13. The lowest BCUT2D eigenvalue weighted by Gasteiger charge is -2.42. The van der Waals surface area contributed by atoms with Crippen molar-refractivity contribution < 1.29 is 159 Å². The number of phosphoric ester groups is 1. The Kier molecular flexibility index (Phi) is 13.5. The Labute approximate surface area is 277 Å². The number of halogens is 32. The van der Waals surface area contributed by atoms with Crippen molar-refractivity contribution in [2.75, 3.05) is 13.2 Å². The van der Waals surface area contributed by atoms with E-state index in [4.69, 9.17) is 4.89 Å². The summed E-state index contributed by atoms with van der Waals surface area (Å²) >= 11 is 0. The Bertz CT molecular complexity index is 1300. The summed E-state index contributed by atoms with van der Waals surface area (Å²) in [5.41, 5.74) is 0. The monoisotopic (exact) mass is 926 g/mol. The molecule has 0 aromatic rings. The summed E-state index contributed by atoms with van der Waals surface area (Å²) in [5, 5.41) is 0. The number of alkyl halides is 32. The van der Waals surface area contributed by atoms with Gasteiger partial charge in [0.1, 0.15) is 13.2 Å². The van der Waals surface area contributed by atoms with E-state index in [1.807, 2.05) is 0 Å². The van der Waals surface area contributed by atoms with Crippen molar-refractivity contribution in [2.45, 2.75) is 95.8 Å². The van der Waals surface area contributed by atoms with Gasteiger partial charge >= 0.3 is 104 Å². The van der Waals surface area contributed by atoms with Gasteiger partial charge in [-0.15, -0.1) is 0 Å². The van der Waals surface area contributed by atoms with Crippen molar-refractivity contribution in [3.63, 3.8) is 0 Å². The second-order valence-corrected chi connectivity index (χ2v) is 11.5. The summed E-state index contributed by atoms with van der Waals surface area (Å²) in [4.78, 5) is 8.79. The summed E-state index contributed by atoms with van der Waals surface area (Å²) in [6, 6.07) is 0. The van der Waals surface area contributed by atoms with Crippen LogP contribution in [0.5, 0.6) is 0 Å². The molecule has 0 aromatic carbocycles. The van der Waals surface area contributed by atoms with E-state index in [9.17, 15) is 145 Å². The fourth-order valence-electron chi connectivity index (χ4n) is 2.88. The smallest absolute Gasteiger partial charge is 0.302 e. The highest BCUT2D eigenvalue weighted by Gasteiger charge is 2.95. The van der Waals surface area contributed by atoms with E-state index in [2.05, 4.69) is 9.05 Å². The second kappa shape index (κ2) is 14.0. The average Bonchev–Trinajstić information content (AvgIpc) is 2.97. The molecule has 0 fully saturated rings. The lowest BCUT2D eigenvalue weighted by Crippen LogP contribution is -2.74. The van der Waals surface area contributed by atoms with Gasteiger partial charge in [-0.05, 0) is 0 Å². The van der Waals surface area contributed by atoms with Crippen molar-refractivity contribution >= 4 is 7.82 Å². The lowest BCUT2D eigenvalue weighted by molar-refractivity contribution is -0.448. The minimum atomic E-state index is -9.09. The van der Waals surface area contributed by atoms with Crippen LogP contribution in [0.1, 0.15) is 0 Å². The highest BCUT2D eigenvalue weighted by atomic mass is 31.2. The molecule has 0 atom stereocenters. The van der Waals surface area contributed by atoms with Crippen molar-refractivity contribution in [1.82, 2.24) is 0 Å². The fraction of sp³-hybridized carbons (Fsp3) is 1.00. The summed E-state index contributed by atoms with van der Waals surface area (Å²) in [5.74, 6) is -120. The van der Waals surface area contributed by atoms with Gasteiger partial charge in [0.2, 0.25) is 0 Å². The number of rotatable bonds is 20. The summed E-state index contributed by atoms with van der Waals surface area (Å²) in [7, 11) is -7.79. The molecule has 0 bridgehead atoms. The van der Waals surface area contributed by atoms with E-state index in [1.165, 1.54) is 0 Å². The minimum absolute atomic E-state index is 2.39.